The lowest BCUT2D eigenvalue weighted by atomic mass is 10.2. The molecule has 2 heterocycles. The van der Waals surface area contributed by atoms with Crippen LogP contribution in [-0.2, 0) is 9.47 Å². The van der Waals surface area contributed by atoms with E-state index in [9.17, 15) is 0 Å². The van der Waals surface area contributed by atoms with Gasteiger partial charge in [-0.25, -0.2) is 0 Å². The third kappa shape index (κ3) is 17.5. The Morgan fingerprint density at radius 2 is 1.74 bits per heavy atom. The van der Waals surface area contributed by atoms with Gasteiger partial charge in [-0.3, -0.25) is 0 Å². The first-order valence-electron chi connectivity index (χ1n) is 6.77. The summed E-state index contributed by atoms with van der Waals surface area (Å²) in [5.74, 6) is 0. The highest BCUT2D eigenvalue weighted by molar-refractivity contribution is 7.07. The second-order valence-electron chi connectivity index (χ2n) is 3.93. The standard InChI is InChI=1S/C5H11N.C5H12O3.C4H4S/c1-2-4-6-5-3-1;1-7-4-5-8-3-2-6;1-2-4-5-3-1/h6H,1-5H2;6H,2-5H2,1H3;1-4H. The van der Waals surface area contributed by atoms with Gasteiger partial charge in [0.15, 0.2) is 0 Å². The Morgan fingerprint density at radius 3 is 2.05 bits per heavy atom. The molecule has 1 aromatic rings. The van der Waals surface area contributed by atoms with Gasteiger partial charge >= 0.3 is 0 Å². The van der Waals surface area contributed by atoms with Crippen molar-refractivity contribution in [3.63, 3.8) is 0 Å². The van der Waals surface area contributed by atoms with Gasteiger partial charge in [-0.2, -0.15) is 11.3 Å². The Morgan fingerprint density at radius 1 is 1.05 bits per heavy atom. The maximum absolute atomic E-state index is 8.20. The third-order valence-electron chi connectivity index (χ3n) is 2.30. The minimum Gasteiger partial charge on any atom is -0.394 e. The quantitative estimate of drug-likeness (QED) is 0.816. The summed E-state index contributed by atoms with van der Waals surface area (Å²) < 4.78 is 9.53. The third-order valence-corrected chi connectivity index (χ3v) is 2.93. The molecule has 1 aliphatic rings. The summed E-state index contributed by atoms with van der Waals surface area (Å²) in [5.41, 5.74) is 0. The van der Waals surface area contributed by atoms with Crippen molar-refractivity contribution < 1.29 is 14.6 Å². The van der Waals surface area contributed by atoms with E-state index < -0.39 is 0 Å². The van der Waals surface area contributed by atoms with Crippen molar-refractivity contribution in [3.8, 4) is 0 Å². The smallest absolute Gasteiger partial charge is 0.0701 e. The summed E-state index contributed by atoms with van der Waals surface area (Å²) in [6, 6.07) is 4.04. The average Bonchev–Trinajstić information content (AvgIpc) is 3.06. The molecule has 5 heteroatoms. The van der Waals surface area contributed by atoms with Crippen LogP contribution < -0.4 is 5.32 Å². The number of aliphatic hydroxyl groups excluding tert-OH is 1. The van der Waals surface area contributed by atoms with Gasteiger partial charge in [-0.05, 0) is 36.7 Å². The summed E-state index contributed by atoms with van der Waals surface area (Å²) in [4.78, 5) is 0. The Labute approximate surface area is 120 Å². The molecular weight excluding hydrogens is 262 g/mol. The number of thiophene rings is 1. The fourth-order valence-electron chi connectivity index (χ4n) is 1.34. The van der Waals surface area contributed by atoms with Crippen molar-refractivity contribution in [1.29, 1.82) is 0 Å². The van der Waals surface area contributed by atoms with E-state index in [2.05, 4.69) is 10.1 Å². The van der Waals surface area contributed by atoms with Crippen LogP contribution in [0.3, 0.4) is 0 Å². The molecule has 0 aliphatic carbocycles. The predicted molar refractivity (Wildman–Crippen MR) is 80.8 cm³/mol. The summed E-state index contributed by atoms with van der Waals surface area (Å²) in [6.07, 6.45) is 4.22. The van der Waals surface area contributed by atoms with E-state index in [1.165, 1.54) is 32.4 Å². The maximum Gasteiger partial charge on any atom is 0.0701 e. The molecule has 2 rings (SSSR count). The van der Waals surface area contributed by atoms with Gasteiger partial charge in [0.2, 0.25) is 0 Å². The molecule has 1 fully saturated rings. The SMILES string of the molecule is C1CCNCC1.COCCOCCO.c1ccsc1. The summed E-state index contributed by atoms with van der Waals surface area (Å²) in [5, 5.41) is 15.6. The number of methoxy groups -OCH3 is 1. The fraction of sp³-hybridized carbons (Fsp3) is 0.714. The predicted octanol–water partition coefficient (Wildman–Crippen LogP) is 2.15. The molecule has 0 unspecified atom stereocenters. The largest absolute Gasteiger partial charge is 0.394 e. The second kappa shape index (κ2) is 17.5. The average molecular weight is 289 g/mol. The molecule has 1 aromatic heterocycles. The molecule has 112 valence electrons. The van der Waals surface area contributed by atoms with Crippen LogP contribution in [0.15, 0.2) is 22.9 Å². The minimum absolute atomic E-state index is 0.0870. The van der Waals surface area contributed by atoms with Crippen LogP contribution in [0, 0.1) is 0 Å². The first-order chi connectivity index (χ1) is 9.41. The molecule has 0 atom stereocenters. The Bertz CT molecular complexity index is 194. The lowest BCUT2D eigenvalue weighted by Gasteiger charge is -2.08. The van der Waals surface area contributed by atoms with Crippen molar-refractivity contribution in [2.45, 2.75) is 19.3 Å². The van der Waals surface area contributed by atoms with E-state index >= 15 is 0 Å². The Kier molecular flexibility index (Phi) is 17.1. The van der Waals surface area contributed by atoms with Crippen LogP contribution in [-0.4, -0.2) is 51.7 Å². The highest BCUT2D eigenvalue weighted by atomic mass is 32.1. The summed E-state index contributed by atoms with van der Waals surface area (Å²) in [6.45, 7) is 4.16. The van der Waals surface area contributed by atoms with Gasteiger partial charge in [0.05, 0.1) is 26.4 Å². The molecule has 0 saturated carbocycles. The van der Waals surface area contributed by atoms with Gasteiger partial charge in [-0.1, -0.05) is 18.6 Å². The normalized spacial score (nSPS) is 13.8. The number of piperidine rings is 1. The molecule has 2 N–H and O–H groups in total. The zero-order valence-electron chi connectivity index (χ0n) is 11.8. The molecule has 19 heavy (non-hydrogen) atoms. The fourth-order valence-corrected chi connectivity index (χ4v) is 1.79. The molecule has 0 amide bonds. The Balaban J connectivity index is 0.000000262. The van der Waals surface area contributed by atoms with Gasteiger partial charge < -0.3 is 19.9 Å². The molecule has 4 nitrogen and oxygen atoms in total. The molecule has 0 radical (unpaired) electrons. The van der Waals surface area contributed by atoms with Crippen molar-refractivity contribution in [2.24, 2.45) is 0 Å². The van der Waals surface area contributed by atoms with Crippen LogP contribution in [0.2, 0.25) is 0 Å². The molecule has 0 spiro atoms. The number of nitrogens with one attached hydrogen (secondary N) is 1. The summed E-state index contributed by atoms with van der Waals surface area (Å²) in [7, 11) is 1.61. The first-order valence-corrected chi connectivity index (χ1v) is 7.71. The van der Waals surface area contributed by atoms with E-state index in [0.29, 0.717) is 19.8 Å². The van der Waals surface area contributed by atoms with Crippen LogP contribution >= 0.6 is 11.3 Å². The van der Waals surface area contributed by atoms with E-state index in [1.807, 2.05) is 22.9 Å². The highest BCUT2D eigenvalue weighted by Crippen LogP contribution is 1.96. The number of ether oxygens (including phenoxy) is 2. The van der Waals surface area contributed by atoms with Crippen LogP contribution in [0.5, 0.6) is 0 Å². The van der Waals surface area contributed by atoms with Crippen molar-refractivity contribution >= 4 is 11.3 Å². The molecule has 1 aliphatic heterocycles. The molecule has 0 aromatic carbocycles. The molecular formula is C14H27NO3S. The van der Waals surface area contributed by atoms with Crippen molar-refractivity contribution in [1.82, 2.24) is 5.32 Å². The second-order valence-corrected chi connectivity index (χ2v) is 4.75. The lowest BCUT2D eigenvalue weighted by molar-refractivity contribution is 0.0500. The monoisotopic (exact) mass is 289 g/mol. The highest BCUT2D eigenvalue weighted by Gasteiger charge is 1.93. The zero-order chi connectivity index (χ0) is 14.0. The first kappa shape index (κ1) is 18.5. The van der Waals surface area contributed by atoms with Crippen molar-refractivity contribution in [2.75, 3.05) is 46.6 Å². The topological polar surface area (TPSA) is 50.7 Å². The lowest BCUT2D eigenvalue weighted by Crippen LogP contribution is -2.21. The van der Waals surface area contributed by atoms with Crippen LogP contribution in [0.25, 0.3) is 0 Å². The van der Waals surface area contributed by atoms with E-state index in [-0.39, 0.29) is 6.61 Å². The molecule has 1 saturated heterocycles. The van der Waals surface area contributed by atoms with Crippen LogP contribution in [0.4, 0.5) is 0 Å². The Hall–Kier alpha value is -0.460. The molecule has 0 bridgehead atoms. The number of hydrogen-bond acceptors (Lipinski definition) is 5. The number of hydrogen-bond donors (Lipinski definition) is 2. The van der Waals surface area contributed by atoms with Crippen LogP contribution in [0.1, 0.15) is 19.3 Å². The van der Waals surface area contributed by atoms with Gasteiger partial charge in [0, 0.05) is 7.11 Å². The van der Waals surface area contributed by atoms with E-state index in [1.54, 1.807) is 18.4 Å². The van der Waals surface area contributed by atoms with Gasteiger partial charge in [0.1, 0.15) is 0 Å². The minimum atomic E-state index is 0.0870. The van der Waals surface area contributed by atoms with E-state index in [4.69, 9.17) is 9.84 Å². The van der Waals surface area contributed by atoms with Crippen molar-refractivity contribution in [3.05, 3.63) is 22.9 Å². The number of rotatable bonds is 5. The van der Waals surface area contributed by atoms with Gasteiger partial charge in [0.25, 0.3) is 0 Å². The zero-order valence-corrected chi connectivity index (χ0v) is 12.7. The van der Waals surface area contributed by atoms with E-state index in [0.717, 1.165) is 0 Å². The maximum atomic E-state index is 8.20. The van der Waals surface area contributed by atoms with Gasteiger partial charge in [-0.15, -0.1) is 0 Å². The summed E-state index contributed by atoms with van der Waals surface area (Å²) >= 11 is 1.71. The number of aliphatic hydroxyl groups is 1.